The Morgan fingerprint density at radius 3 is 2.35 bits per heavy atom. The molecule has 2 fully saturated rings. The maximum Gasteiger partial charge on any atom is 0.192 e. The molecule has 110 valence electrons. The van der Waals surface area contributed by atoms with Crippen molar-refractivity contribution in [1.82, 2.24) is 0 Å². The lowest BCUT2D eigenvalue weighted by molar-refractivity contribution is -0.104. The first-order chi connectivity index (χ1) is 9.90. The molecule has 3 rings (SSSR count). The number of rotatable bonds is 7. The van der Waals surface area contributed by atoms with Crippen molar-refractivity contribution in [3.8, 4) is 0 Å². The van der Waals surface area contributed by atoms with E-state index in [1.165, 1.54) is 10.8 Å². The van der Waals surface area contributed by atoms with Gasteiger partial charge in [-0.3, -0.25) is 0 Å². The third-order valence-corrected chi connectivity index (χ3v) is 5.81. The maximum atomic E-state index is 5.90. The Morgan fingerprint density at radius 1 is 1.15 bits per heavy atom. The van der Waals surface area contributed by atoms with Crippen molar-refractivity contribution < 1.29 is 13.9 Å². The number of benzene rings is 1. The summed E-state index contributed by atoms with van der Waals surface area (Å²) in [7, 11) is -0.607. The van der Waals surface area contributed by atoms with Crippen LogP contribution in [0.2, 0.25) is 0 Å². The van der Waals surface area contributed by atoms with Gasteiger partial charge in [0.05, 0.1) is 26.4 Å². The van der Waals surface area contributed by atoms with Gasteiger partial charge in [-0.25, -0.2) is 0 Å². The first kappa shape index (κ1) is 14.3. The normalized spacial score (nSPS) is 20.5. The quantitative estimate of drug-likeness (QED) is 0.558. The van der Waals surface area contributed by atoms with Gasteiger partial charge < -0.3 is 13.9 Å². The molecular formula is C16H24O3Si. The van der Waals surface area contributed by atoms with Crippen LogP contribution in [0.25, 0.3) is 0 Å². The molecule has 20 heavy (non-hydrogen) atoms. The molecule has 4 heteroatoms. The zero-order chi connectivity index (χ0) is 13.8. The van der Waals surface area contributed by atoms with Crippen LogP contribution in [0.4, 0.5) is 0 Å². The first-order valence-corrected chi connectivity index (χ1v) is 8.99. The van der Waals surface area contributed by atoms with Gasteiger partial charge in [0.2, 0.25) is 0 Å². The van der Waals surface area contributed by atoms with Gasteiger partial charge in [0, 0.05) is 18.4 Å². The fourth-order valence-electron chi connectivity index (χ4n) is 3.13. The molecule has 1 aromatic rings. The smallest absolute Gasteiger partial charge is 0.192 e. The summed E-state index contributed by atoms with van der Waals surface area (Å²) in [6, 6.07) is 8.88. The molecule has 0 spiro atoms. The lowest BCUT2D eigenvalue weighted by Crippen LogP contribution is -2.45. The van der Waals surface area contributed by atoms with Crippen molar-refractivity contribution in [2.45, 2.75) is 19.3 Å². The van der Waals surface area contributed by atoms with Crippen LogP contribution in [0, 0.1) is 11.8 Å². The minimum atomic E-state index is -0.607. The Hall–Kier alpha value is -0.683. The van der Waals surface area contributed by atoms with Crippen molar-refractivity contribution in [3.63, 3.8) is 0 Å². The lowest BCUT2D eigenvalue weighted by atomic mass is 9.75. The highest BCUT2D eigenvalue weighted by Crippen LogP contribution is 2.39. The molecule has 0 amide bonds. The fraction of sp³-hybridized carbons (Fsp3) is 0.625. The van der Waals surface area contributed by atoms with Crippen LogP contribution >= 0.6 is 0 Å². The highest BCUT2D eigenvalue weighted by Gasteiger charge is 2.39. The Balaban J connectivity index is 1.78. The number of ether oxygens (including phenoxy) is 2. The van der Waals surface area contributed by atoms with E-state index in [0.717, 1.165) is 39.5 Å². The molecule has 2 saturated heterocycles. The second-order valence-corrected chi connectivity index (χ2v) is 7.33. The zero-order valence-electron chi connectivity index (χ0n) is 12.2. The van der Waals surface area contributed by atoms with Crippen molar-refractivity contribution in [1.29, 1.82) is 0 Å². The van der Waals surface area contributed by atoms with Crippen LogP contribution in [0.5, 0.6) is 0 Å². The standard InChI is InChI=1S/C16H24O3Si/c1-2-7-19-20-15-6-4-3-5-14(15)16(12-8-17-9-12)13-10-18-11-13/h3-6,12-13,16H,2,7-11,20H2,1H3. The topological polar surface area (TPSA) is 27.7 Å². The molecule has 0 unspecified atom stereocenters. The summed E-state index contributed by atoms with van der Waals surface area (Å²) < 4.78 is 16.8. The SMILES string of the molecule is CCCO[SiH2]c1ccccc1C(C1COC1)C1COC1. The summed E-state index contributed by atoms with van der Waals surface area (Å²) in [5.41, 5.74) is 1.51. The van der Waals surface area contributed by atoms with E-state index < -0.39 is 9.76 Å². The third-order valence-electron chi connectivity index (χ3n) is 4.36. The monoisotopic (exact) mass is 292 g/mol. The van der Waals surface area contributed by atoms with E-state index in [-0.39, 0.29) is 0 Å². The van der Waals surface area contributed by atoms with Crippen LogP contribution in [0.1, 0.15) is 24.8 Å². The van der Waals surface area contributed by atoms with Crippen LogP contribution in [-0.2, 0) is 13.9 Å². The van der Waals surface area contributed by atoms with E-state index in [2.05, 4.69) is 31.2 Å². The van der Waals surface area contributed by atoms with Gasteiger partial charge in [-0.1, -0.05) is 31.2 Å². The van der Waals surface area contributed by atoms with E-state index >= 15 is 0 Å². The second kappa shape index (κ2) is 6.85. The zero-order valence-corrected chi connectivity index (χ0v) is 13.6. The molecule has 0 N–H and O–H groups in total. The van der Waals surface area contributed by atoms with Gasteiger partial charge >= 0.3 is 0 Å². The molecule has 1 aromatic carbocycles. The summed E-state index contributed by atoms with van der Waals surface area (Å²) in [4.78, 5) is 0. The third kappa shape index (κ3) is 2.98. The van der Waals surface area contributed by atoms with Crippen molar-refractivity contribution in [2.24, 2.45) is 11.8 Å². The molecule has 0 radical (unpaired) electrons. The van der Waals surface area contributed by atoms with Crippen LogP contribution in [0.3, 0.4) is 0 Å². The minimum absolute atomic E-state index is 0.603. The van der Waals surface area contributed by atoms with Gasteiger partial charge in [0.25, 0.3) is 0 Å². The van der Waals surface area contributed by atoms with Crippen molar-refractivity contribution in [2.75, 3.05) is 33.0 Å². The average Bonchev–Trinajstić information content (AvgIpc) is 2.35. The van der Waals surface area contributed by atoms with E-state index in [1.54, 1.807) is 0 Å². The predicted molar refractivity (Wildman–Crippen MR) is 82.2 cm³/mol. The van der Waals surface area contributed by atoms with Crippen molar-refractivity contribution >= 4 is 14.9 Å². The van der Waals surface area contributed by atoms with E-state index in [1.807, 2.05) is 0 Å². The molecule has 2 aliphatic rings. The molecule has 0 aromatic heterocycles. The highest BCUT2D eigenvalue weighted by atomic mass is 28.2. The van der Waals surface area contributed by atoms with Gasteiger partial charge in [0.15, 0.2) is 9.76 Å². The Bertz CT molecular complexity index is 415. The highest BCUT2D eigenvalue weighted by molar-refractivity contribution is 6.47. The lowest BCUT2D eigenvalue weighted by Gasteiger charge is -2.43. The summed E-state index contributed by atoms with van der Waals surface area (Å²) in [5, 5.41) is 1.48. The van der Waals surface area contributed by atoms with E-state index in [9.17, 15) is 0 Å². The minimum Gasteiger partial charge on any atom is -0.419 e. The van der Waals surface area contributed by atoms with Crippen LogP contribution < -0.4 is 5.19 Å². The Morgan fingerprint density at radius 2 is 1.80 bits per heavy atom. The molecular weight excluding hydrogens is 268 g/mol. The van der Waals surface area contributed by atoms with Crippen molar-refractivity contribution in [3.05, 3.63) is 29.8 Å². The van der Waals surface area contributed by atoms with Crippen LogP contribution in [0.15, 0.2) is 24.3 Å². The molecule has 0 saturated carbocycles. The fourth-order valence-corrected chi connectivity index (χ4v) is 4.54. The van der Waals surface area contributed by atoms with Gasteiger partial charge in [0.1, 0.15) is 0 Å². The number of hydrogen-bond donors (Lipinski definition) is 0. The second-order valence-electron chi connectivity index (χ2n) is 5.87. The molecule has 0 atom stereocenters. The summed E-state index contributed by atoms with van der Waals surface area (Å²) >= 11 is 0. The largest absolute Gasteiger partial charge is 0.419 e. The molecule has 2 heterocycles. The maximum absolute atomic E-state index is 5.90. The summed E-state index contributed by atoms with van der Waals surface area (Å²) in [6.07, 6.45) is 1.10. The van der Waals surface area contributed by atoms with Gasteiger partial charge in [-0.2, -0.15) is 0 Å². The van der Waals surface area contributed by atoms with Crippen LogP contribution in [-0.4, -0.2) is 42.8 Å². The van der Waals surface area contributed by atoms with Gasteiger partial charge in [-0.15, -0.1) is 0 Å². The predicted octanol–water partition coefficient (Wildman–Crippen LogP) is 1.20. The average molecular weight is 292 g/mol. The van der Waals surface area contributed by atoms with E-state index in [0.29, 0.717) is 17.8 Å². The Labute approximate surface area is 123 Å². The Kier molecular flexibility index (Phi) is 4.88. The van der Waals surface area contributed by atoms with E-state index in [4.69, 9.17) is 13.9 Å². The van der Waals surface area contributed by atoms with Gasteiger partial charge in [-0.05, 0) is 23.1 Å². The summed E-state index contributed by atoms with van der Waals surface area (Å²) in [5.74, 6) is 1.95. The molecule has 3 nitrogen and oxygen atoms in total. The molecule has 0 bridgehead atoms. The summed E-state index contributed by atoms with van der Waals surface area (Å²) in [6.45, 7) is 6.70. The number of hydrogen-bond acceptors (Lipinski definition) is 3. The first-order valence-electron chi connectivity index (χ1n) is 7.71. The molecule has 0 aliphatic carbocycles. The molecule has 2 aliphatic heterocycles.